The molecule has 0 heterocycles. The van der Waals surface area contributed by atoms with Crippen molar-refractivity contribution in [2.24, 2.45) is 0 Å². The van der Waals surface area contributed by atoms with Gasteiger partial charge in [0.1, 0.15) is 0 Å². The van der Waals surface area contributed by atoms with E-state index in [9.17, 15) is 4.79 Å². The molecule has 1 N–H and O–H groups in total. The second kappa shape index (κ2) is 6.51. The minimum atomic E-state index is -0.112. The molecule has 0 fully saturated rings. The number of methoxy groups -OCH3 is 1. The predicted octanol–water partition coefficient (Wildman–Crippen LogP) is 0.0906. The van der Waals surface area contributed by atoms with Crippen LogP contribution in [-0.2, 0) is 14.4 Å². The Balaban J connectivity index is 3.05. The minimum absolute atomic E-state index is 0.112. The summed E-state index contributed by atoms with van der Waals surface area (Å²) >= 11 is 0. The van der Waals surface area contributed by atoms with Crippen molar-refractivity contribution in [2.45, 2.75) is 12.8 Å². The number of carbonyl (C=O) groups excluding carboxylic acids is 1. The van der Waals surface area contributed by atoms with Crippen LogP contribution >= 0.6 is 0 Å². The fraction of sp³-hybridized carbons (Fsp3) is 0.833. The van der Waals surface area contributed by atoms with E-state index in [1.54, 1.807) is 7.11 Å². The Morgan fingerprint density at radius 3 is 2.70 bits per heavy atom. The molecule has 0 spiro atoms. The van der Waals surface area contributed by atoms with Crippen LogP contribution in [0.1, 0.15) is 12.8 Å². The number of rotatable bonds is 5. The smallest absolute Gasteiger partial charge is 0.243 e. The molecule has 60 valence electrons. The lowest BCUT2D eigenvalue weighted by molar-refractivity contribution is -0.131. The molecular formula is C6H13NO3. The number of nitrogens with one attached hydrogen (secondary N) is 1. The molecule has 4 nitrogen and oxygen atoms in total. The van der Waals surface area contributed by atoms with Gasteiger partial charge >= 0.3 is 0 Å². The van der Waals surface area contributed by atoms with Crippen molar-refractivity contribution in [1.82, 2.24) is 5.48 Å². The lowest BCUT2D eigenvalue weighted by Crippen LogP contribution is -2.21. The maximum Gasteiger partial charge on any atom is 0.243 e. The summed E-state index contributed by atoms with van der Waals surface area (Å²) < 4.78 is 4.75. The summed E-state index contributed by atoms with van der Waals surface area (Å²) in [5, 5.41) is 0. The Morgan fingerprint density at radius 2 is 2.20 bits per heavy atom. The molecule has 4 heteroatoms. The molecule has 0 aromatic rings. The first-order chi connectivity index (χ1) is 4.81. The summed E-state index contributed by atoms with van der Waals surface area (Å²) in [6.07, 6.45) is 1.17. The van der Waals surface area contributed by atoms with Gasteiger partial charge < -0.3 is 4.74 Å². The molecule has 0 aromatic heterocycles. The van der Waals surface area contributed by atoms with Gasteiger partial charge in [-0.05, 0) is 6.42 Å². The van der Waals surface area contributed by atoms with Crippen molar-refractivity contribution in [1.29, 1.82) is 0 Å². The van der Waals surface area contributed by atoms with Crippen LogP contribution in [0.25, 0.3) is 0 Å². The van der Waals surface area contributed by atoms with Gasteiger partial charge in [0.05, 0.1) is 7.11 Å². The maximum absolute atomic E-state index is 10.6. The lowest BCUT2D eigenvalue weighted by Gasteiger charge is -1.99. The molecule has 0 aliphatic rings. The molecular weight excluding hydrogens is 134 g/mol. The Bertz CT molecular complexity index is 95.0. The Kier molecular flexibility index (Phi) is 6.11. The molecule has 0 atom stereocenters. The topological polar surface area (TPSA) is 47.6 Å². The normalized spacial score (nSPS) is 9.40. The molecule has 0 saturated heterocycles. The number of carbonyl (C=O) groups is 1. The molecule has 0 aliphatic carbocycles. The van der Waals surface area contributed by atoms with Crippen LogP contribution < -0.4 is 5.48 Å². The van der Waals surface area contributed by atoms with Crippen molar-refractivity contribution in [3.05, 3.63) is 0 Å². The third kappa shape index (κ3) is 5.53. The standard InChI is InChI=1S/C6H13NO3/c1-9-5-3-4-6(8)7-10-2/h3-5H2,1-2H3,(H,7,8). The minimum Gasteiger partial charge on any atom is -0.385 e. The fourth-order valence-electron chi connectivity index (χ4n) is 0.542. The predicted molar refractivity (Wildman–Crippen MR) is 36.3 cm³/mol. The van der Waals surface area contributed by atoms with Crippen LogP contribution in [0, 0.1) is 0 Å². The first-order valence-electron chi connectivity index (χ1n) is 3.12. The van der Waals surface area contributed by atoms with Crippen molar-refractivity contribution < 1.29 is 14.4 Å². The Labute approximate surface area is 60.5 Å². The van der Waals surface area contributed by atoms with Gasteiger partial charge in [0.15, 0.2) is 0 Å². The first kappa shape index (κ1) is 9.39. The molecule has 0 bridgehead atoms. The fourth-order valence-corrected chi connectivity index (χ4v) is 0.542. The SMILES string of the molecule is COCCCC(=O)NOC. The Hall–Kier alpha value is -0.610. The summed E-state index contributed by atoms with van der Waals surface area (Å²) in [5.74, 6) is -0.112. The van der Waals surface area contributed by atoms with E-state index in [1.165, 1.54) is 7.11 Å². The maximum atomic E-state index is 10.6. The average Bonchev–Trinajstić information content (AvgIpc) is 1.89. The number of hydrogen-bond donors (Lipinski definition) is 1. The highest BCUT2D eigenvalue weighted by Crippen LogP contribution is 1.87. The summed E-state index contributed by atoms with van der Waals surface area (Å²) in [6, 6.07) is 0. The summed E-state index contributed by atoms with van der Waals surface area (Å²) in [5.41, 5.74) is 2.21. The van der Waals surface area contributed by atoms with Crippen LogP contribution in [0.3, 0.4) is 0 Å². The molecule has 0 radical (unpaired) electrons. The Morgan fingerprint density at radius 1 is 1.50 bits per heavy atom. The van der Waals surface area contributed by atoms with Gasteiger partial charge in [0.25, 0.3) is 0 Å². The number of ether oxygens (including phenoxy) is 1. The van der Waals surface area contributed by atoms with Gasteiger partial charge in [0.2, 0.25) is 5.91 Å². The van der Waals surface area contributed by atoms with Gasteiger partial charge in [-0.2, -0.15) is 0 Å². The van der Waals surface area contributed by atoms with E-state index >= 15 is 0 Å². The van der Waals surface area contributed by atoms with E-state index in [2.05, 4.69) is 10.3 Å². The first-order valence-corrected chi connectivity index (χ1v) is 3.12. The van der Waals surface area contributed by atoms with Crippen LogP contribution in [0.15, 0.2) is 0 Å². The zero-order valence-electron chi connectivity index (χ0n) is 6.35. The van der Waals surface area contributed by atoms with Gasteiger partial charge in [-0.25, -0.2) is 5.48 Å². The zero-order valence-corrected chi connectivity index (χ0v) is 6.35. The van der Waals surface area contributed by atoms with Crippen LogP contribution in [0.5, 0.6) is 0 Å². The van der Waals surface area contributed by atoms with Crippen molar-refractivity contribution in [3.8, 4) is 0 Å². The third-order valence-electron chi connectivity index (χ3n) is 0.968. The van der Waals surface area contributed by atoms with Gasteiger partial charge in [-0.15, -0.1) is 0 Å². The van der Waals surface area contributed by atoms with E-state index < -0.39 is 0 Å². The van der Waals surface area contributed by atoms with E-state index in [4.69, 9.17) is 4.74 Å². The van der Waals surface area contributed by atoms with Crippen LogP contribution in [0.2, 0.25) is 0 Å². The molecule has 0 rings (SSSR count). The highest BCUT2D eigenvalue weighted by atomic mass is 16.6. The summed E-state index contributed by atoms with van der Waals surface area (Å²) in [7, 11) is 3.02. The molecule has 0 unspecified atom stereocenters. The van der Waals surface area contributed by atoms with E-state index in [-0.39, 0.29) is 5.91 Å². The molecule has 0 aromatic carbocycles. The van der Waals surface area contributed by atoms with Gasteiger partial charge in [-0.1, -0.05) is 0 Å². The van der Waals surface area contributed by atoms with E-state index in [0.717, 1.165) is 6.42 Å². The van der Waals surface area contributed by atoms with Crippen molar-refractivity contribution in [2.75, 3.05) is 20.8 Å². The second-order valence-corrected chi connectivity index (χ2v) is 1.83. The van der Waals surface area contributed by atoms with Gasteiger partial charge in [-0.3, -0.25) is 9.63 Å². The quantitative estimate of drug-likeness (QED) is 0.443. The van der Waals surface area contributed by atoms with E-state index in [0.29, 0.717) is 13.0 Å². The molecule has 0 saturated carbocycles. The van der Waals surface area contributed by atoms with Crippen molar-refractivity contribution in [3.63, 3.8) is 0 Å². The van der Waals surface area contributed by atoms with Crippen LogP contribution in [0.4, 0.5) is 0 Å². The molecule has 0 aliphatic heterocycles. The van der Waals surface area contributed by atoms with Crippen LogP contribution in [-0.4, -0.2) is 26.7 Å². The lowest BCUT2D eigenvalue weighted by atomic mass is 10.3. The highest BCUT2D eigenvalue weighted by molar-refractivity contribution is 5.74. The van der Waals surface area contributed by atoms with E-state index in [1.807, 2.05) is 0 Å². The summed E-state index contributed by atoms with van der Waals surface area (Å²) in [4.78, 5) is 15.0. The van der Waals surface area contributed by atoms with Gasteiger partial charge in [0, 0.05) is 20.1 Å². The third-order valence-corrected chi connectivity index (χ3v) is 0.968. The summed E-state index contributed by atoms with van der Waals surface area (Å²) in [6.45, 7) is 0.608. The highest BCUT2D eigenvalue weighted by Gasteiger charge is 1.97. The zero-order chi connectivity index (χ0) is 7.82. The number of amides is 1. The second-order valence-electron chi connectivity index (χ2n) is 1.83. The van der Waals surface area contributed by atoms with Crippen molar-refractivity contribution >= 4 is 5.91 Å². The number of hydroxylamine groups is 1. The monoisotopic (exact) mass is 147 g/mol. The number of hydrogen-bond acceptors (Lipinski definition) is 3. The largest absolute Gasteiger partial charge is 0.385 e. The average molecular weight is 147 g/mol. The molecule has 1 amide bonds. The molecule has 10 heavy (non-hydrogen) atoms.